The Morgan fingerprint density at radius 2 is 0.777 bits per heavy atom. The third kappa shape index (κ3) is 27.0. The molecule has 9 N–H and O–H groups in total. The Labute approximate surface area is 560 Å². The number of nitrogens with two attached hydrogens (primary N) is 2. The van der Waals surface area contributed by atoms with Gasteiger partial charge in [-0.05, 0) is 59.8 Å². The minimum Gasteiger partial charge on any atom is -0.368 e. The van der Waals surface area contributed by atoms with Crippen molar-refractivity contribution >= 4 is 57.0 Å². The first kappa shape index (κ1) is 76.5. The molecule has 18 heteroatoms. The van der Waals surface area contributed by atoms with Crippen molar-refractivity contribution in [3.63, 3.8) is 0 Å². The average Bonchev–Trinajstić information content (AvgIpc) is 0.827. The van der Waals surface area contributed by atoms with Crippen LogP contribution in [0.15, 0.2) is 187 Å². The number of carbonyl (C=O) groups is 6. The molecule has 502 valence electrons. The molecule has 0 saturated carbocycles. The number of aliphatic hydroxyl groups is 1. The van der Waals surface area contributed by atoms with E-state index < -0.39 is 86.2 Å². The first-order valence-corrected chi connectivity index (χ1v) is 36.0. The van der Waals surface area contributed by atoms with Gasteiger partial charge in [0, 0.05) is 18.8 Å². The molecule has 0 fully saturated rings. The Morgan fingerprint density at radius 3 is 1.10 bits per heavy atom. The summed E-state index contributed by atoms with van der Waals surface area (Å²) in [5, 5.41) is 22.7. The number of amides is 6. The third-order valence-electron chi connectivity index (χ3n) is 17.4. The maximum atomic E-state index is 14.5. The molecule has 0 aromatic heterocycles. The van der Waals surface area contributed by atoms with Crippen molar-refractivity contribution in [1.29, 1.82) is 0 Å². The maximum absolute atomic E-state index is 14.5. The Kier molecular flexibility index (Phi) is 31.6. The summed E-state index contributed by atoms with van der Waals surface area (Å²) in [6.45, 7) is 20.7. The number of rotatable bonds is 36. The Balaban J connectivity index is 0.000000348. The zero-order valence-electron chi connectivity index (χ0n) is 56.8. The SMILES string of the molecule is CC(C)C[C@H](NC(=O)[C@H](Cc1ccccc1)C[C@@H](O)[C@@H](C)Cc1ccccc1)C(=O)N[C@@H](Cc1ccccc1)C(N)=O.CC(C)C[C@H](NC(=O)[C@H](Cc1ccccc1)C[C@@H](O[Si](C)(C)C(C)(C)C)[C@H](Cc1ccccc1)N=CB=O)C(=O)N[C@@H](Cc1ccccc1)C(N)=O. The molecule has 0 unspecified atom stereocenters. The Hall–Kier alpha value is -8.19. The molecule has 0 aliphatic carbocycles. The van der Waals surface area contributed by atoms with E-state index in [0.717, 1.165) is 33.4 Å². The summed E-state index contributed by atoms with van der Waals surface area (Å²) >= 11 is 0. The number of carbonyl (C=O) groups excluding carboxylic acids is 6. The number of nitrogens with zero attached hydrogens (tertiary/aromatic N) is 1. The van der Waals surface area contributed by atoms with E-state index in [1.54, 1.807) is 0 Å². The van der Waals surface area contributed by atoms with Crippen molar-refractivity contribution in [1.82, 2.24) is 21.3 Å². The number of hydrogen-bond donors (Lipinski definition) is 7. The fraction of sp³-hybridized carbons (Fsp3) is 0.434. The van der Waals surface area contributed by atoms with Gasteiger partial charge in [-0.1, -0.05) is 142 Å². The Morgan fingerprint density at radius 1 is 0.468 bits per heavy atom. The van der Waals surface area contributed by atoms with E-state index in [0.29, 0.717) is 52.1 Å². The summed E-state index contributed by atoms with van der Waals surface area (Å²) in [5.74, 6) is -3.88. The van der Waals surface area contributed by atoms with Gasteiger partial charge in [0.1, 0.15) is 12.1 Å². The predicted molar refractivity (Wildman–Crippen MR) is 378 cm³/mol. The number of aliphatic imine (C=N–C) groups is 1. The number of aliphatic hydroxyl groups excluding tert-OH is 1. The predicted octanol–water partition coefficient (Wildman–Crippen LogP) is 10.3. The van der Waals surface area contributed by atoms with E-state index in [2.05, 4.69) is 55.1 Å². The molecule has 0 radical (unpaired) electrons. The van der Waals surface area contributed by atoms with Crippen molar-refractivity contribution in [3.8, 4) is 0 Å². The van der Waals surface area contributed by atoms with Crippen LogP contribution in [0.4, 0.5) is 0 Å². The normalized spacial score (nSPS) is 14.9. The topological polar surface area (TPSA) is 261 Å². The van der Waals surface area contributed by atoms with Crippen LogP contribution in [0.5, 0.6) is 0 Å². The van der Waals surface area contributed by atoms with Gasteiger partial charge in [-0.3, -0.25) is 19.2 Å². The first-order chi connectivity index (χ1) is 44.7. The van der Waals surface area contributed by atoms with Crippen LogP contribution in [-0.4, -0.2) is 105 Å². The van der Waals surface area contributed by atoms with E-state index in [9.17, 15) is 38.6 Å². The van der Waals surface area contributed by atoms with Gasteiger partial charge in [0.15, 0.2) is 0 Å². The van der Waals surface area contributed by atoms with E-state index in [1.165, 1.54) is 6.11 Å². The number of nitrogens with one attached hydrogen (secondary N) is 4. The fourth-order valence-electron chi connectivity index (χ4n) is 11.1. The molecule has 6 rings (SSSR count). The molecule has 6 aromatic carbocycles. The van der Waals surface area contributed by atoms with Crippen molar-refractivity contribution < 1.29 is 43.0 Å². The standard InChI is InChI=1S/C41H57BN4O5Si.C35H45N3O4/c1-29(2)23-36(40(49)45-35(38(43)47)26-32-21-15-10-16-22-32)46-39(48)33(24-30-17-11-8-12-18-30)27-37(51-52(6,7)41(3,4)5)34(44-28-42-50)25-31-19-13-9-14-20-31;1-24(2)19-31(35(42)37-30(33(36)40)22-28-17-11-6-12-18-28)38-34(41)29(21-27-15-9-5-10-16-27)23-32(39)25(3)20-26-13-7-4-8-14-26/h8-22,28-29,33-37H,23-27H2,1-7H3,(H2,43,47)(H,45,49)(H,46,48);4-18,24-25,29-32,39H,19-23H2,1-3H3,(H2,36,40)(H,37,42)(H,38,41)/t33-,34+,35+,36+,37-;25-,29+,30-,31-,32+/m10/s1. The quantitative estimate of drug-likeness (QED) is 0.0146. The molecule has 0 bridgehead atoms. The number of hydrogen-bond acceptors (Lipinski definition) is 10. The van der Waals surface area contributed by atoms with Crippen LogP contribution in [-0.2, 0) is 76.4 Å². The van der Waals surface area contributed by atoms with Gasteiger partial charge in [-0.2, -0.15) is 0 Å². The van der Waals surface area contributed by atoms with Gasteiger partial charge in [0.25, 0.3) is 0 Å². The molecule has 6 aromatic rings. The summed E-state index contributed by atoms with van der Waals surface area (Å²) in [6, 6.07) is 54.0. The van der Waals surface area contributed by atoms with Crippen LogP contribution in [0.2, 0.25) is 18.1 Å². The molecular weight excluding hydrogens is 1190 g/mol. The van der Waals surface area contributed by atoms with Crippen LogP contribution < -0.4 is 32.7 Å². The second kappa shape index (κ2) is 38.9. The Bertz CT molecular complexity index is 3290. The number of primary amides is 2. The van der Waals surface area contributed by atoms with Crippen LogP contribution in [0.3, 0.4) is 0 Å². The van der Waals surface area contributed by atoms with E-state index in [4.69, 9.17) is 20.9 Å². The molecule has 6 amide bonds. The summed E-state index contributed by atoms with van der Waals surface area (Å²) in [5.41, 5.74) is 17.2. The second-order valence-corrected chi connectivity index (χ2v) is 32.0. The van der Waals surface area contributed by atoms with Gasteiger partial charge in [-0.25, -0.2) is 0 Å². The third-order valence-corrected chi connectivity index (χ3v) is 21.9. The van der Waals surface area contributed by atoms with Crippen LogP contribution in [0.25, 0.3) is 0 Å². The van der Waals surface area contributed by atoms with Gasteiger partial charge in [0.2, 0.25) is 23.6 Å². The fourth-order valence-corrected chi connectivity index (χ4v) is 12.4. The second-order valence-electron chi connectivity index (χ2n) is 27.3. The smallest absolute Gasteiger partial charge is 0.368 e. The zero-order chi connectivity index (χ0) is 68.8. The van der Waals surface area contributed by atoms with Crippen molar-refractivity contribution in [3.05, 3.63) is 215 Å². The first-order valence-electron chi connectivity index (χ1n) is 33.1. The van der Waals surface area contributed by atoms with Crippen LogP contribution in [0, 0.1) is 29.6 Å². The van der Waals surface area contributed by atoms with Gasteiger partial charge < -0.3 is 27.2 Å². The molecule has 10 atom stereocenters. The number of benzene rings is 6. The minimum atomic E-state index is -2.42. The van der Waals surface area contributed by atoms with E-state index in [-0.39, 0.29) is 53.9 Å². The molecule has 0 spiro atoms. The molecule has 94 heavy (non-hydrogen) atoms. The summed E-state index contributed by atoms with van der Waals surface area (Å²) in [6.07, 6.45) is 3.86. The molecule has 0 aliphatic rings. The van der Waals surface area contributed by atoms with Gasteiger partial charge >= 0.3 is 254 Å². The van der Waals surface area contributed by atoms with Gasteiger partial charge in [0.05, 0.1) is 6.10 Å². The summed E-state index contributed by atoms with van der Waals surface area (Å²) < 4.78 is 18.7. The van der Waals surface area contributed by atoms with Gasteiger partial charge in [-0.15, -0.1) is 0 Å². The van der Waals surface area contributed by atoms with Crippen molar-refractivity contribution in [2.24, 2.45) is 46.0 Å². The molecule has 0 aliphatic heterocycles. The zero-order valence-corrected chi connectivity index (χ0v) is 57.8. The van der Waals surface area contributed by atoms with E-state index >= 15 is 0 Å². The molecule has 16 nitrogen and oxygen atoms in total. The van der Waals surface area contributed by atoms with Crippen LogP contribution >= 0.6 is 0 Å². The summed E-state index contributed by atoms with van der Waals surface area (Å²) in [7, 11) is -1.75. The minimum absolute atomic E-state index is 0.0624. The van der Waals surface area contributed by atoms with Crippen molar-refractivity contribution in [2.75, 3.05) is 0 Å². The van der Waals surface area contributed by atoms with E-state index in [1.807, 2.05) is 217 Å². The molecule has 0 heterocycles. The van der Waals surface area contributed by atoms with Crippen LogP contribution in [0.1, 0.15) is 114 Å². The monoisotopic (exact) mass is 1300 g/mol. The molecular formula is C76H102BN7O9Si. The van der Waals surface area contributed by atoms with Crippen molar-refractivity contribution in [2.45, 2.75) is 180 Å². The summed E-state index contributed by atoms with van der Waals surface area (Å²) in [4.78, 5) is 85.0. The average molecular weight is 1300 g/mol. The molecule has 0 saturated heterocycles.